The standard InChI is InChI=1S/C27H28ClN3O/c1-17-10-15-21(16-22(17)28)29-26(32)18(2)31-24-9-7-6-8-23(24)30-25(31)19-11-13-20(14-12-19)27(3,4)5/h6-16,18H,1-5H3,(H,29,32). The first-order chi connectivity index (χ1) is 15.1. The molecule has 0 spiro atoms. The van der Waals surface area contributed by atoms with Crippen LogP contribution in [0.4, 0.5) is 5.69 Å². The minimum atomic E-state index is -0.472. The topological polar surface area (TPSA) is 46.9 Å². The Hall–Kier alpha value is -3.11. The van der Waals surface area contributed by atoms with Crippen LogP contribution in [0, 0.1) is 6.92 Å². The predicted octanol–water partition coefficient (Wildman–Crippen LogP) is 7.16. The molecule has 0 saturated heterocycles. The molecule has 32 heavy (non-hydrogen) atoms. The highest BCUT2D eigenvalue weighted by atomic mass is 35.5. The van der Waals surface area contributed by atoms with E-state index in [0.717, 1.165) is 28.0 Å². The summed E-state index contributed by atoms with van der Waals surface area (Å²) >= 11 is 6.24. The fraction of sp³-hybridized carbons (Fsp3) is 0.259. The summed E-state index contributed by atoms with van der Waals surface area (Å²) in [5.41, 5.74) is 5.74. The molecule has 0 radical (unpaired) electrons. The van der Waals surface area contributed by atoms with Gasteiger partial charge in [-0.2, -0.15) is 0 Å². The maximum atomic E-state index is 13.2. The van der Waals surface area contributed by atoms with E-state index >= 15 is 0 Å². The molecule has 0 bridgehead atoms. The molecule has 4 nitrogen and oxygen atoms in total. The van der Waals surface area contributed by atoms with E-state index in [1.807, 2.05) is 54.8 Å². The van der Waals surface area contributed by atoms with Crippen molar-refractivity contribution in [2.45, 2.75) is 46.1 Å². The number of nitrogens with zero attached hydrogens (tertiary/aromatic N) is 2. The van der Waals surface area contributed by atoms with Gasteiger partial charge in [0.05, 0.1) is 11.0 Å². The lowest BCUT2D eigenvalue weighted by atomic mass is 9.86. The number of amides is 1. The lowest BCUT2D eigenvalue weighted by molar-refractivity contribution is -0.118. The number of benzene rings is 3. The molecule has 1 unspecified atom stereocenters. The molecule has 4 rings (SSSR count). The van der Waals surface area contributed by atoms with Gasteiger partial charge in [-0.05, 0) is 54.7 Å². The van der Waals surface area contributed by atoms with Gasteiger partial charge in [-0.25, -0.2) is 4.98 Å². The third kappa shape index (κ3) is 4.28. The molecule has 1 amide bonds. The van der Waals surface area contributed by atoms with Gasteiger partial charge in [0.2, 0.25) is 5.91 Å². The summed E-state index contributed by atoms with van der Waals surface area (Å²) < 4.78 is 2.01. The smallest absolute Gasteiger partial charge is 0.247 e. The molecule has 164 valence electrons. The summed E-state index contributed by atoms with van der Waals surface area (Å²) in [5.74, 6) is 0.650. The zero-order chi connectivity index (χ0) is 23.0. The maximum Gasteiger partial charge on any atom is 0.247 e. The quantitative estimate of drug-likeness (QED) is 0.362. The number of hydrogen-bond donors (Lipinski definition) is 1. The van der Waals surface area contributed by atoms with Gasteiger partial charge in [0.25, 0.3) is 0 Å². The second kappa shape index (κ2) is 8.44. The highest BCUT2D eigenvalue weighted by Gasteiger charge is 2.23. The molecule has 0 aliphatic heterocycles. The average molecular weight is 446 g/mol. The number of aromatic nitrogens is 2. The van der Waals surface area contributed by atoms with Crippen LogP contribution < -0.4 is 5.32 Å². The predicted molar refractivity (Wildman–Crippen MR) is 133 cm³/mol. The number of aryl methyl sites for hydroxylation is 1. The number of carbonyl (C=O) groups is 1. The van der Waals surface area contributed by atoms with E-state index in [1.165, 1.54) is 5.56 Å². The molecule has 3 aromatic carbocycles. The van der Waals surface area contributed by atoms with E-state index in [1.54, 1.807) is 6.07 Å². The molecule has 1 N–H and O–H groups in total. The molecule has 4 aromatic rings. The van der Waals surface area contributed by atoms with Crippen LogP contribution in [0.5, 0.6) is 0 Å². The summed E-state index contributed by atoms with van der Waals surface area (Å²) in [6.45, 7) is 10.4. The van der Waals surface area contributed by atoms with Gasteiger partial charge in [0.1, 0.15) is 11.9 Å². The molecule has 0 fully saturated rings. The van der Waals surface area contributed by atoms with Crippen molar-refractivity contribution in [1.29, 1.82) is 0 Å². The van der Waals surface area contributed by atoms with Gasteiger partial charge in [-0.1, -0.05) is 74.8 Å². The molecular weight excluding hydrogens is 418 g/mol. The van der Waals surface area contributed by atoms with Crippen LogP contribution in [0.2, 0.25) is 5.02 Å². The Bertz CT molecular complexity index is 1280. The van der Waals surface area contributed by atoms with Crippen molar-refractivity contribution in [3.05, 3.63) is 82.9 Å². The number of imidazole rings is 1. The van der Waals surface area contributed by atoms with Crippen LogP contribution in [0.15, 0.2) is 66.7 Å². The van der Waals surface area contributed by atoms with E-state index in [9.17, 15) is 4.79 Å². The van der Waals surface area contributed by atoms with E-state index in [-0.39, 0.29) is 11.3 Å². The van der Waals surface area contributed by atoms with Crippen LogP contribution in [-0.4, -0.2) is 15.5 Å². The first-order valence-electron chi connectivity index (χ1n) is 10.8. The van der Waals surface area contributed by atoms with Crippen molar-refractivity contribution in [1.82, 2.24) is 9.55 Å². The number of hydrogen-bond acceptors (Lipinski definition) is 2. The Morgan fingerprint density at radius 1 is 1.03 bits per heavy atom. The van der Waals surface area contributed by atoms with Gasteiger partial charge < -0.3 is 9.88 Å². The first-order valence-corrected chi connectivity index (χ1v) is 11.2. The summed E-state index contributed by atoms with van der Waals surface area (Å²) in [4.78, 5) is 18.1. The fourth-order valence-electron chi connectivity index (χ4n) is 3.79. The Morgan fingerprint density at radius 2 is 1.72 bits per heavy atom. The molecular formula is C27H28ClN3O. The summed E-state index contributed by atoms with van der Waals surface area (Å²) in [6.07, 6.45) is 0. The fourth-order valence-corrected chi connectivity index (χ4v) is 3.97. The highest BCUT2D eigenvalue weighted by molar-refractivity contribution is 6.31. The number of nitrogens with one attached hydrogen (secondary N) is 1. The molecule has 0 aliphatic rings. The molecule has 1 atom stereocenters. The SMILES string of the molecule is Cc1ccc(NC(=O)C(C)n2c(-c3ccc(C(C)(C)C)cc3)nc3ccccc32)cc1Cl. The van der Waals surface area contributed by atoms with Crippen molar-refractivity contribution in [3.8, 4) is 11.4 Å². The Labute approximate surface area is 194 Å². The van der Waals surface area contributed by atoms with Crippen molar-refractivity contribution < 1.29 is 4.79 Å². The van der Waals surface area contributed by atoms with Gasteiger partial charge in [0, 0.05) is 16.3 Å². The third-order valence-corrected chi connectivity index (χ3v) is 6.22. The molecule has 5 heteroatoms. The lowest BCUT2D eigenvalue weighted by Gasteiger charge is -2.20. The van der Waals surface area contributed by atoms with Crippen LogP contribution in [0.1, 0.15) is 44.9 Å². The largest absolute Gasteiger partial charge is 0.324 e. The lowest BCUT2D eigenvalue weighted by Crippen LogP contribution is -2.24. The number of rotatable bonds is 4. The first kappa shape index (κ1) is 22.1. The van der Waals surface area contributed by atoms with Gasteiger partial charge in [0.15, 0.2) is 0 Å². The van der Waals surface area contributed by atoms with Gasteiger partial charge in [-0.3, -0.25) is 4.79 Å². The highest BCUT2D eigenvalue weighted by Crippen LogP contribution is 2.31. The zero-order valence-corrected chi connectivity index (χ0v) is 19.9. The Kier molecular flexibility index (Phi) is 5.83. The minimum Gasteiger partial charge on any atom is -0.324 e. The van der Waals surface area contributed by atoms with Crippen molar-refractivity contribution in [2.75, 3.05) is 5.32 Å². The number of anilines is 1. The summed E-state index contributed by atoms with van der Waals surface area (Å²) in [6, 6.07) is 21.4. The van der Waals surface area contributed by atoms with Crippen molar-refractivity contribution >= 4 is 34.2 Å². The summed E-state index contributed by atoms with van der Waals surface area (Å²) in [7, 11) is 0. The minimum absolute atomic E-state index is 0.0706. The second-order valence-corrected chi connectivity index (χ2v) is 9.66. The number of para-hydroxylation sites is 2. The monoisotopic (exact) mass is 445 g/mol. The maximum absolute atomic E-state index is 13.2. The number of carbonyl (C=O) groups excluding carboxylic acids is 1. The molecule has 0 saturated carbocycles. The number of fused-ring (bicyclic) bond motifs is 1. The normalized spacial score (nSPS) is 12.7. The van der Waals surface area contributed by atoms with Gasteiger partial charge in [-0.15, -0.1) is 0 Å². The summed E-state index contributed by atoms with van der Waals surface area (Å²) in [5, 5.41) is 3.63. The second-order valence-electron chi connectivity index (χ2n) is 9.25. The molecule has 0 aliphatic carbocycles. The van der Waals surface area contributed by atoms with Crippen LogP contribution in [-0.2, 0) is 10.2 Å². The van der Waals surface area contributed by atoms with E-state index < -0.39 is 6.04 Å². The average Bonchev–Trinajstić information content (AvgIpc) is 3.15. The van der Waals surface area contributed by atoms with Crippen LogP contribution in [0.3, 0.4) is 0 Å². The molecule has 1 aromatic heterocycles. The third-order valence-electron chi connectivity index (χ3n) is 5.81. The van der Waals surface area contributed by atoms with Gasteiger partial charge >= 0.3 is 0 Å². The molecule has 1 heterocycles. The van der Waals surface area contributed by atoms with Crippen LogP contribution in [0.25, 0.3) is 22.4 Å². The van der Waals surface area contributed by atoms with Crippen molar-refractivity contribution in [3.63, 3.8) is 0 Å². The van der Waals surface area contributed by atoms with Crippen LogP contribution >= 0.6 is 11.6 Å². The Balaban J connectivity index is 1.74. The van der Waals surface area contributed by atoms with E-state index in [2.05, 4.69) is 50.4 Å². The van der Waals surface area contributed by atoms with E-state index in [0.29, 0.717) is 10.7 Å². The van der Waals surface area contributed by atoms with E-state index in [4.69, 9.17) is 16.6 Å². The Morgan fingerprint density at radius 3 is 2.38 bits per heavy atom. The van der Waals surface area contributed by atoms with Crippen molar-refractivity contribution in [2.24, 2.45) is 0 Å². The zero-order valence-electron chi connectivity index (χ0n) is 19.1. The number of halogens is 1.